The number of carbonyl (C=O) groups excluding carboxylic acids is 1. The molecule has 0 saturated carbocycles. The van der Waals surface area contributed by atoms with Crippen LogP contribution in [0, 0.1) is 5.92 Å². The third kappa shape index (κ3) is 3.36. The minimum Gasteiger partial charge on any atom is -0.353 e. The van der Waals surface area contributed by atoms with Crippen molar-refractivity contribution in [3.63, 3.8) is 0 Å². The molecule has 5 heteroatoms. The maximum atomic E-state index is 11.6. The Hall–Kier alpha value is -0.350. The number of hydrogen-bond donors (Lipinski definition) is 2. The number of nitrogens with one attached hydrogen (secondary N) is 2. The van der Waals surface area contributed by atoms with Crippen molar-refractivity contribution in [3.05, 3.63) is 0 Å². The molecule has 3 nitrogen and oxygen atoms in total. The van der Waals surface area contributed by atoms with E-state index in [1.165, 1.54) is 0 Å². The summed E-state index contributed by atoms with van der Waals surface area (Å²) in [5.74, 6) is 0.0363. The molecule has 1 aliphatic rings. The molecule has 0 radical (unpaired) electrons. The predicted molar refractivity (Wildman–Crippen MR) is 47.2 cm³/mol. The van der Waals surface area contributed by atoms with E-state index in [9.17, 15) is 9.18 Å². The summed E-state index contributed by atoms with van der Waals surface area (Å²) in [4.78, 5) is 11.1. The maximum absolute atomic E-state index is 11.6. The van der Waals surface area contributed by atoms with Gasteiger partial charge in [0, 0.05) is 13.1 Å². The van der Waals surface area contributed by atoms with E-state index >= 15 is 0 Å². The van der Waals surface area contributed by atoms with Gasteiger partial charge < -0.3 is 10.6 Å². The molecule has 1 fully saturated rings. The summed E-state index contributed by atoms with van der Waals surface area (Å²) in [6.07, 6.45) is 0.873. The average Bonchev–Trinajstić information content (AvgIpc) is 2.52. The number of halogens is 2. The highest BCUT2D eigenvalue weighted by Gasteiger charge is 2.21. The zero-order valence-corrected chi connectivity index (χ0v) is 7.62. The van der Waals surface area contributed by atoms with Crippen molar-refractivity contribution in [1.82, 2.24) is 10.6 Å². The minimum absolute atomic E-state index is 0. The van der Waals surface area contributed by atoms with E-state index in [1.807, 2.05) is 0 Å². The lowest BCUT2D eigenvalue weighted by Gasteiger charge is -2.07. The molecule has 1 heterocycles. The van der Waals surface area contributed by atoms with Gasteiger partial charge in [-0.05, 0) is 13.0 Å². The lowest BCUT2D eigenvalue weighted by atomic mass is 10.1. The topological polar surface area (TPSA) is 41.1 Å². The molecule has 72 valence electrons. The maximum Gasteiger partial charge on any atom is 0.224 e. The molecule has 0 aromatic carbocycles. The molecule has 0 aliphatic carbocycles. The van der Waals surface area contributed by atoms with E-state index in [-0.39, 0.29) is 30.8 Å². The predicted octanol–water partition coefficient (Wildman–Crippen LogP) is 0.103. The smallest absolute Gasteiger partial charge is 0.224 e. The zero-order chi connectivity index (χ0) is 8.10. The summed E-state index contributed by atoms with van der Waals surface area (Å²) in [6, 6.07) is 0. The van der Waals surface area contributed by atoms with Crippen molar-refractivity contribution in [2.75, 3.05) is 26.3 Å². The quantitative estimate of drug-likeness (QED) is 0.673. The Balaban J connectivity index is 0.00000121. The van der Waals surface area contributed by atoms with Gasteiger partial charge in [0.15, 0.2) is 0 Å². The van der Waals surface area contributed by atoms with Gasteiger partial charge in [0.05, 0.1) is 5.92 Å². The lowest BCUT2D eigenvalue weighted by molar-refractivity contribution is -0.124. The van der Waals surface area contributed by atoms with E-state index in [0.717, 1.165) is 19.5 Å². The van der Waals surface area contributed by atoms with E-state index < -0.39 is 6.67 Å². The van der Waals surface area contributed by atoms with Crippen LogP contribution in [0.25, 0.3) is 0 Å². The molecule has 1 unspecified atom stereocenters. The Morgan fingerprint density at radius 3 is 2.92 bits per heavy atom. The molecule has 0 bridgehead atoms. The second kappa shape index (κ2) is 6.20. The van der Waals surface area contributed by atoms with Crippen molar-refractivity contribution in [2.45, 2.75) is 6.42 Å². The molecule has 1 atom stereocenters. The molecule has 1 amide bonds. The Labute approximate surface area is 77.5 Å². The summed E-state index contributed by atoms with van der Waals surface area (Å²) in [5.41, 5.74) is 0. The minimum atomic E-state index is -0.480. The van der Waals surface area contributed by atoms with Crippen LogP contribution in [-0.2, 0) is 4.79 Å². The molecular weight excluding hydrogens is 183 g/mol. The summed E-state index contributed by atoms with van der Waals surface area (Å²) in [7, 11) is 0. The van der Waals surface area contributed by atoms with Gasteiger partial charge in [-0.15, -0.1) is 12.4 Å². The van der Waals surface area contributed by atoms with Crippen molar-refractivity contribution >= 4 is 18.3 Å². The monoisotopic (exact) mass is 196 g/mol. The van der Waals surface area contributed by atoms with Gasteiger partial charge in [-0.2, -0.15) is 0 Å². The fourth-order valence-electron chi connectivity index (χ4n) is 1.19. The number of amides is 1. The van der Waals surface area contributed by atoms with Crippen LogP contribution in [0.5, 0.6) is 0 Å². The van der Waals surface area contributed by atoms with Crippen LogP contribution < -0.4 is 10.6 Å². The van der Waals surface area contributed by atoms with Crippen molar-refractivity contribution in [1.29, 1.82) is 0 Å². The van der Waals surface area contributed by atoms with Crippen LogP contribution in [-0.4, -0.2) is 32.2 Å². The van der Waals surface area contributed by atoms with E-state index in [2.05, 4.69) is 10.6 Å². The van der Waals surface area contributed by atoms with E-state index in [4.69, 9.17) is 0 Å². The molecule has 0 aromatic rings. The van der Waals surface area contributed by atoms with E-state index in [1.54, 1.807) is 0 Å². The molecule has 0 aromatic heterocycles. The average molecular weight is 197 g/mol. The SMILES string of the molecule is Cl.O=C(NCCF)C1CCNC1. The van der Waals surface area contributed by atoms with Crippen molar-refractivity contribution in [3.8, 4) is 0 Å². The van der Waals surface area contributed by atoms with Gasteiger partial charge in [0.2, 0.25) is 5.91 Å². The van der Waals surface area contributed by atoms with Crippen LogP contribution in [0.2, 0.25) is 0 Å². The Bertz CT molecular complexity index is 139. The number of rotatable bonds is 3. The highest BCUT2D eigenvalue weighted by atomic mass is 35.5. The molecule has 12 heavy (non-hydrogen) atoms. The second-order valence-electron chi connectivity index (χ2n) is 2.67. The largest absolute Gasteiger partial charge is 0.353 e. The summed E-state index contributed by atoms with van der Waals surface area (Å²) < 4.78 is 11.6. The van der Waals surface area contributed by atoms with Crippen molar-refractivity contribution in [2.24, 2.45) is 5.92 Å². The first-order chi connectivity index (χ1) is 5.34. The standard InChI is InChI=1S/C7H13FN2O.ClH/c8-2-4-10-7(11)6-1-3-9-5-6;/h6,9H,1-5H2,(H,10,11);1H. The van der Waals surface area contributed by atoms with Crippen LogP contribution in [0.4, 0.5) is 4.39 Å². The number of hydrogen-bond acceptors (Lipinski definition) is 2. The third-order valence-electron chi connectivity index (χ3n) is 1.82. The van der Waals surface area contributed by atoms with Gasteiger partial charge in [-0.25, -0.2) is 4.39 Å². The number of alkyl halides is 1. The van der Waals surface area contributed by atoms with Crippen LogP contribution in [0.1, 0.15) is 6.42 Å². The Morgan fingerprint density at radius 2 is 2.42 bits per heavy atom. The first-order valence-corrected chi connectivity index (χ1v) is 3.89. The highest BCUT2D eigenvalue weighted by molar-refractivity contribution is 5.85. The molecule has 2 N–H and O–H groups in total. The van der Waals surface area contributed by atoms with Gasteiger partial charge in [0.1, 0.15) is 6.67 Å². The molecule has 0 spiro atoms. The molecule has 1 aliphatic heterocycles. The molecule has 1 saturated heterocycles. The third-order valence-corrected chi connectivity index (χ3v) is 1.82. The van der Waals surface area contributed by atoms with Crippen molar-refractivity contribution < 1.29 is 9.18 Å². The Morgan fingerprint density at radius 1 is 1.67 bits per heavy atom. The zero-order valence-electron chi connectivity index (χ0n) is 6.81. The lowest BCUT2D eigenvalue weighted by Crippen LogP contribution is -2.33. The highest BCUT2D eigenvalue weighted by Crippen LogP contribution is 2.06. The van der Waals surface area contributed by atoms with Gasteiger partial charge >= 0.3 is 0 Å². The van der Waals surface area contributed by atoms with E-state index in [0.29, 0.717) is 0 Å². The first-order valence-electron chi connectivity index (χ1n) is 3.89. The summed E-state index contributed by atoms with van der Waals surface area (Å²) >= 11 is 0. The second-order valence-corrected chi connectivity index (χ2v) is 2.67. The number of carbonyl (C=O) groups is 1. The van der Waals surface area contributed by atoms with Crippen LogP contribution in [0.3, 0.4) is 0 Å². The normalized spacial score (nSPS) is 21.6. The van der Waals surface area contributed by atoms with Crippen LogP contribution >= 0.6 is 12.4 Å². The van der Waals surface area contributed by atoms with Gasteiger partial charge in [-0.1, -0.05) is 0 Å². The van der Waals surface area contributed by atoms with Crippen LogP contribution in [0.15, 0.2) is 0 Å². The summed E-state index contributed by atoms with van der Waals surface area (Å²) in [5, 5.41) is 5.60. The fourth-order valence-corrected chi connectivity index (χ4v) is 1.19. The first kappa shape index (κ1) is 11.6. The summed E-state index contributed by atoms with van der Waals surface area (Å²) in [6.45, 7) is 1.30. The molecular formula is C7H14ClFN2O. The Kier molecular flexibility index (Phi) is 6.02. The van der Waals surface area contributed by atoms with Gasteiger partial charge in [-0.3, -0.25) is 4.79 Å². The fraction of sp³-hybridized carbons (Fsp3) is 0.857. The molecule has 1 rings (SSSR count). The van der Waals surface area contributed by atoms with Gasteiger partial charge in [0.25, 0.3) is 0 Å².